The van der Waals surface area contributed by atoms with E-state index in [-0.39, 0.29) is 42.5 Å². The van der Waals surface area contributed by atoms with Crippen molar-refractivity contribution in [3.63, 3.8) is 0 Å². The molecule has 11 heteroatoms. The molecular formula is C24H32Br2F2N2O4Si. The third kappa shape index (κ3) is 10.6. The van der Waals surface area contributed by atoms with E-state index in [9.17, 15) is 18.4 Å². The van der Waals surface area contributed by atoms with Gasteiger partial charge >= 0.3 is 0 Å². The Labute approximate surface area is 223 Å². The fourth-order valence-electron chi connectivity index (χ4n) is 2.42. The van der Waals surface area contributed by atoms with Crippen molar-refractivity contribution < 1.29 is 27.9 Å². The maximum atomic E-state index is 14.0. The van der Waals surface area contributed by atoms with Crippen LogP contribution in [0, 0.1) is 0 Å². The minimum atomic E-state index is -1.90. The molecule has 0 aliphatic heterocycles. The lowest BCUT2D eigenvalue weighted by Gasteiger charge is -2.36. The van der Waals surface area contributed by atoms with Crippen molar-refractivity contribution in [3.8, 4) is 0 Å². The quantitative estimate of drug-likeness (QED) is 0.181. The lowest BCUT2D eigenvalue weighted by molar-refractivity contribution is 0.0836. The molecule has 6 nitrogen and oxygen atoms in total. The van der Waals surface area contributed by atoms with Crippen LogP contribution >= 0.6 is 31.9 Å². The minimum Gasteiger partial charge on any atom is -0.417 e. The highest BCUT2D eigenvalue weighted by atomic mass is 79.9. The second kappa shape index (κ2) is 14.4. The molecule has 0 saturated carbocycles. The van der Waals surface area contributed by atoms with Crippen LogP contribution in [0.15, 0.2) is 45.6 Å². The predicted octanol–water partition coefficient (Wildman–Crippen LogP) is 6.52. The summed E-state index contributed by atoms with van der Waals surface area (Å²) < 4.78 is 34.0. The number of aromatic nitrogens is 2. The Morgan fingerprint density at radius 3 is 1.74 bits per heavy atom. The van der Waals surface area contributed by atoms with Crippen molar-refractivity contribution in [2.75, 3.05) is 13.2 Å². The SMILES string of the molecule is CC(C)(C)[Si](C)(C)OCCC(F)C(=O)c1cccc(Br)n1.O=C(c1cccc(Br)n1)C(F)CCO. The molecule has 2 aromatic heterocycles. The Morgan fingerprint density at radius 2 is 1.37 bits per heavy atom. The van der Waals surface area contributed by atoms with Gasteiger partial charge in [-0.1, -0.05) is 32.9 Å². The van der Waals surface area contributed by atoms with Crippen molar-refractivity contribution >= 4 is 51.7 Å². The molecule has 2 unspecified atom stereocenters. The number of carbonyl (C=O) groups is 2. The number of pyridine rings is 2. The van der Waals surface area contributed by atoms with Gasteiger partial charge in [-0.05, 0) is 74.3 Å². The highest BCUT2D eigenvalue weighted by Crippen LogP contribution is 2.36. The van der Waals surface area contributed by atoms with E-state index in [1.807, 2.05) is 0 Å². The van der Waals surface area contributed by atoms with Gasteiger partial charge in [-0.15, -0.1) is 0 Å². The molecule has 0 radical (unpaired) electrons. The van der Waals surface area contributed by atoms with Crippen LogP contribution in [0.25, 0.3) is 0 Å². The number of hydrogen-bond donors (Lipinski definition) is 1. The molecule has 0 saturated heterocycles. The van der Waals surface area contributed by atoms with Gasteiger partial charge in [0.2, 0.25) is 11.6 Å². The highest BCUT2D eigenvalue weighted by molar-refractivity contribution is 9.10. The van der Waals surface area contributed by atoms with Crippen molar-refractivity contribution in [1.29, 1.82) is 0 Å². The summed E-state index contributed by atoms with van der Waals surface area (Å²) in [6.07, 6.45) is -3.37. The molecule has 0 aliphatic rings. The maximum absolute atomic E-state index is 14.0. The van der Waals surface area contributed by atoms with Crippen LogP contribution < -0.4 is 0 Å². The second-order valence-corrected chi connectivity index (χ2v) is 15.7. The summed E-state index contributed by atoms with van der Waals surface area (Å²) in [5.41, 5.74) is 0.213. The van der Waals surface area contributed by atoms with Gasteiger partial charge in [-0.25, -0.2) is 18.7 Å². The standard InChI is InChI=1S/C15H23BrFNO2Si.C9H9BrFNO2/c1-15(2,3)21(4,5)20-10-9-11(17)14(19)12-7-6-8-13(16)18-12;10-8-3-1-2-7(12-8)9(14)6(11)4-5-13/h6-8,11H,9-10H2,1-5H3;1-3,6,13H,4-5H2. The second-order valence-electron chi connectivity index (χ2n) is 9.26. The Bertz CT molecular complexity index is 990. The van der Waals surface area contributed by atoms with E-state index in [1.54, 1.807) is 24.3 Å². The largest absolute Gasteiger partial charge is 0.417 e. The summed E-state index contributed by atoms with van der Waals surface area (Å²) in [5, 5.41) is 8.54. The molecule has 194 valence electrons. The number of aliphatic hydroxyl groups excluding tert-OH is 1. The first-order chi connectivity index (χ1) is 16.2. The molecule has 2 heterocycles. The third-order valence-electron chi connectivity index (χ3n) is 5.53. The summed E-state index contributed by atoms with van der Waals surface area (Å²) in [6, 6.07) is 9.59. The van der Waals surface area contributed by atoms with Crippen LogP contribution in [0.3, 0.4) is 0 Å². The van der Waals surface area contributed by atoms with Gasteiger partial charge in [0.05, 0.1) is 0 Å². The predicted molar refractivity (Wildman–Crippen MR) is 142 cm³/mol. The molecule has 0 aromatic carbocycles. The van der Waals surface area contributed by atoms with Crippen LogP contribution in [0.1, 0.15) is 54.6 Å². The lowest BCUT2D eigenvalue weighted by atomic mass is 10.1. The monoisotopic (exact) mass is 636 g/mol. The fraction of sp³-hybridized carbons (Fsp3) is 0.500. The van der Waals surface area contributed by atoms with Crippen LogP contribution in [0.5, 0.6) is 0 Å². The third-order valence-corrected chi connectivity index (χ3v) is 10.9. The summed E-state index contributed by atoms with van der Waals surface area (Å²) in [6.45, 7) is 10.5. The number of hydrogen-bond acceptors (Lipinski definition) is 6. The van der Waals surface area contributed by atoms with E-state index in [0.29, 0.717) is 9.21 Å². The van der Waals surface area contributed by atoms with Gasteiger partial charge in [0.25, 0.3) is 0 Å². The van der Waals surface area contributed by atoms with Gasteiger partial charge in [-0.3, -0.25) is 9.59 Å². The van der Waals surface area contributed by atoms with E-state index < -0.39 is 32.2 Å². The lowest BCUT2D eigenvalue weighted by Crippen LogP contribution is -2.41. The molecule has 2 aromatic rings. The topological polar surface area (TPSA) is 89.4 Å². The van der Waals surface area contributed by atoms with E-state index in [0.717, 1.165) is 0 Å². The number of alkyl halides is 2. The molecular weight excluding hydrogens is 606 g/mol. The Kier molecular flexibility index (Phi) is 13.0. The zero-order valence-electron chi connectivity index (χ0n) is 20.5. The van der Waals surface area contributed by atoms with Gasteiger partial charge < -0.3 is 9.53 Å². The Hall–Kier alpha value is -1.40. The molecule has 0 aliphatic carbocycles. The Balaban J connectivity index is 0.000000379. The summed E-state index contributed by atoms with van der Waals surface area (Å²) in [4.78, 5) is 31.1. The number of halogens is 4. The van der Waals surface area contributed by atoms with Crippen LogP contribution in [-0.4, -0.2) is 60.5 Å². The zero-order valence-corrected chi connectivity index (χ0v) is 24.7. The molecule has 2 rings (SSSR count). The van der Waals surface area contributed by atoms with E-state index in [4.69, 9.17) is 9.53 Å². The molecule has 0 spiro atoms. The first kappa shape index (κ1) is 31.6. The minimum absolute atomic E-state index is 0.0690. The molecule has 2 atom stereocenters. The first-order valence-electron chi connectivity index (χ1n) is 11.1. The molecule has 0 bridgehead atoms. The van der Waals surface area contributed by atoms with Crippen molar-refractivity contribution in [3.05, 3.63) is 57.0 Å². The highest BCUT2D eigenvalue weighted by Gasteiger charge is 2.37. The summed E-state index contributed by atoms with van der Waals surface area (Å²) >= 11 is 6.26. The number of rotatable bonds is 10. The molecule has 1 N–H and O–H groups in total. The van der Waals surface area contributed by atoms with Gasteiger partial charge in [0.1, 0.15) is 20.6 Å². The average Bonchev–Trinajstić information content (AvgIpc) is 2.77. The van der Waals surface area contributed by atoms with E-state index in [2.05, 4.69) is 75.7 Å². The molecule has 35 heavy (non-hydrogen) atoms. The molecule has 0 amide bonds. The fourth-order valence-corrected chi connectivity index (χ4v) is 4.17. The number of ketones is 2. The number of nitrogens with zero attached hydrogens (tertiary/aromatic N) is 2. The Morgan fingerprint density at radius 1 is 0.943 bits per heavy atom. The van der Waals surface area contributed by atoms with Crippen molar-refractivity contribution in [2.45, 2.75) is 64.1 Å². The van der Waals surface area contributed by atoms with Gasteiger partial charge in [0, 0.05) is 26.1 Å². The smallest absolute Gasteiger partial charge is 0.215 e. The average molecular weight is 638 g/mol. The number of carbonyl (C=O) groups excluding carboxylic acids is 2. The van der Waals surface area contributed by atoms with Gasteiger partial charge in [-0.2, -0.15) is 0 Å². The number of Topliss-reactive ketones (excluding diaryl/α,β-unsaturated/α-hetero) is 2. The molecule has 0 fully saturated rings. The van der Waals surface area contributed by atoms with Crippen LogP contribution in [0.4, 0.5) is 8.78 Å². The maximum Gasteiger partial charge on any atom is 0.215 e. The van der Waals surface area contributed by atoms with E-state index >= 15 is 0 Å². The summed E-state index contributed by atoms with van der Waals surface area (Å²) in [5.74, 6) is -1.28. The van der Waals surface area contributed by atoms with E-state index in [1.165, 1.54) is 12.1 Å². The van der Waals surface area contributed by atoms with Crippen molar-refractivity contribution in [2.24, 2.45) is 0 Å². The summed E-state index contributed by atoms with van der Waals surface area (Å²) in [7, 11) is -1.90. The van der Waals surface area contributed by atoms with Crippen LogP contribution in [-0.2, 0) is 4.43 Å². The zero-order chi connectivity index (χ0) is 26.8. The number of aliphatic hydroxyl groups is 1. The first-order valence-corrected chi connectivity index (χ1v) is 15.6. The normalized spacial score (nSPS) is 13.4. The van der Waals surface area contributed by atoms with Gasteiger partial charge in [0.15, 0.2) is 20.7 Å². The van der Waals surface area contributed by atoms with Crippen LogP contribution in [0.2, 0.25) is 18.1 Å². The van der Waals surface area contributed by atoms with Crippen molar-refractivity contribution in [1.82, 2.24) is 9.97 Å².